The highest BCUT2D eigenvalue weighted by atomic mass is 19.1. The van der Waals surface area contributed by atoms with Gasteiger partial charge in [-0.05, 0) is 31.2 Å². The Kier molecular flexibility index (Phi) is 6.18. The summed E-state index contributed by atoms with van der Waals surface area (Å²) in [5.41, 5.74) is -0.411. The topological polar surface area (TPSA) is 124 Å². The van der Waals surface area contributed by atoms with Crippen LogP contribution in [0.1, 0.15) is 41.4 Å². The van der Waals surface area contributed by atoms with E-state index < -0.39 is 29.0 Å². The Balaban J connectivity index is 2.47. The van der Waals surface area contributed by atoms with Gasteiger partial charge in [0.2, 0.25) is 0 Å². The van der Waals surface area contributed by atoms with Crippen molar-refractivity contribution in [2.75, 3.05) is 6.61 Å². The fourth-order valence-corrected chi connectivity index (χ4v) is 2.36. The molecule has 0 amide bonds. The second-order valence-corrected chi connectivity index (χ2v) is 5.39. The quantitative estimate of drug-likeness (QED) is 0.615. The molecule has 0 saturated heterocycles. The monoisotopic (exact) mass is 367 g/mol. The SMILES string of the molecule is CCOC(=O)CCC(=O)c1nc(-c2ccc(F)cc2C#N)cc(C#N)c1O. The Morgan fingerprint density at radius 1 is 1.19 bits per heavy atom. The van der Waals surface area contributed by atoms with E-state index in [1.807, 2.05) is 6.07 Å². The average molecular weight is 367 g/mol. The summed E-state index contributed by atoms with van der Waals surface area (Å²) in [5, 5.41) is 28.5. The fourth-order valence-electron chi connectivity index (χ4n) is 2.36. The lowest BCUT2D eigenvalue weighted by molar-refractivity contribution is -0.143. The fraction of sp³-hybridized carbons (Fsp3) is 0.211. The highest BCUT2D eigenvalue weighted by Gasteiger charge is 2.21. The molecule has 0 bridgehead atoms. The van der Waals surface area contributed by atoms with Gasteiger partial charge >= 0.3 is 5.97 Å². The predicted molar refractivity (Wildman–Crippen MR) is 90.9 cm³/mol. The smallest absolute Gasteiger partial charge is 0.306 e. The highest BCUT2D eigenvalue weighted by Crippen LogP contribution is 2.30. The maximum atomic E-state index is 13.3. The number of hydrogen-bond donors (Lipinski definition) is 1. The summed E-state index contributed by atoms with van der Waals surface area (Å²) in [5.74, 6) is -2.48. The van der Waals surface area contributed by atoms with Crippen LogP contribution in [0.3, 0.4) is 0 Å². The lowest BCUT2D eigenvalue weighted by Gasteiger charge is -2.09. The number of pyridine rings is 1. The second kappa shape index (κ2) is 8.54. The molecule has 0 fully saturated rings. The second-order valence-electron chi connectivity index (χ2n) is 5.39. The van der Waals surface area contributed by atoms with Crippen molar-refractivity contribution < 1.29 is 23.8 Å². The number of carbonyl (C=O) groups excluding carboxylic acids is 2. The summed E-state index contributed by atoms with van der Waals surface area (Å²) in [4.78, 5) is 27.8. The number of benzene rings is 1. The van der Waals surface area contributed by atoms with Crippen LogP contribution in [0.5, 0.6) is 5.75 Å². The van der Waals surface area contributed by atoms with Crippen molar-refractivity contribution in [2.45, 2.75) is 19.8 Å². The molecule has 0 aliphatic carbocycles. The van der Waals surface area contributed by atoms with Crippen molar-refractivity contribution in [3.05, 3.63) is 46.9 Å². The van der Waals surface area contributed by atoms with Crippen molar-refractivity contribution in [1.29, 1.82) is 10.5 Å². The zero-order chi connectivity index (χ0) is 20.0. The van der Waals surface area contributed by atoms with Crippen molar-refractivity contribution in [2.24, 2.45) is 0 Å². The minimum absolute atomic E-state index is 0.0398. The molecule has 136 valence electrons. The minimum atomic E-state index is -0.667. The number of hydrogen-bond acceptors (Lipinski definition) is 7. The molecule has 8 heteroatoms. The van der Waals surface area contributed by atoms with E-state index in [1.54, 1.807) is 13.0 Å². The summed E-state index contributed by atoms with van der Waals surface area (Å²) in [6.07, 6.45) is -0.484. The van der Waals surface area contributed by atoms with Crippen LogP contribution in [0.25, 0.3) is 11.3 Å². The van der Waals surface area contributed by atoms with E-state index in [9.17, 15) is 29.6 Å². The average Bonchev–Trinajstić information content (AvgIpc) is 2.66. The third-order valence-electron chi connectivity index (χ3n) is 3.62. The van der Waals surface area contributed by atoms with E-state index in [0.29, 0.717) is 0 Å². The van der Waals surface area contributed by atoms with Crippen molar-refractivity contribution >= 4 is 11.8 Å². The van der Waals surface area contributed by atoms with Crippen LogP contribution >= 0.6 is 0 Å². The molecule has 0 aliphatic rings. The van der Waals surface area contributed by atoms with Crippen LogP contribution in [0, 0.1) is 28.5 Å². The molecule has 27 heavy (non-hydrogen) atoms. The van der Waals surface area contributed by atoms with Gasteiger partial charge in [-0.3, -0.25) is 9.59 Å². The molecule has 1 heterocycles. The maximum absolute atomic E-state index is 13.3. The molecule has 7 nitrogen and oxygen atoms in total. The first-order chi connectivity index (χ1) is 12.9. The van der Waals surface area contributed by atoms with Gasteiger partial charge in [-0.2, -0.15) is 10.5 Å². The predicted octanol–water partition coefficient (Wildman–Crippen LogP) is 2.86. The van der Waals surface area contributed by atoms with E-state index in [1.165, 1.54) is 12.1 Å². The molecule has 0 unspecified atom stereocenters. The van der Waals surface area contributed by atoms with Gasteiger partial charge in [0.05, 0.1) is 35.9 Å². The molecule has 1 N–H and O–H groups in total. The largest absolute Gasteiger partial charge is 0.504 e. The number of esters is 1. The number of nitriles is 2. The van der Waals surface area contributed by atoms with Crippen LogP contribution < -0.4 is 0 Å². The van der Waals surface area contributed by atoms with Gasteiger partial charge in [-0.1, -0.05) is 0 Å². The van der Waals surface area contributed by atoms with Crippen LogP contribution in [0.15, 0.2) is 24.3 Å². The van der Waals surface area contributed by atoms with Gasteiger partial charge in [-0.15, -0.1) is 0 Å². The molecular weight excluding hydrogens is 353 g/mol. The van der Waals surface area contributed by atoms with E-state index >= 15 is 0 Å². The van der Waals surface area contributed by atoms with E-state index in [4.69, 9.17) is 4.74 Å². The number of aromatic nitrogens is 1. The summed E-state index contributed by atoms with van der Waals surface area (Å²) >= 11 is 0. The van der Waals surface area contributed by atoms with E-state index in [0.717, 1.165) is 12.1 Å². The molecule has 2 rings (SSSR count). The Bertz CT molecular complexity index is 990. The molecule has 0 aliphatic heterocycles. The molecule has 0 atom stereocenters. The zero-order valence-electron chi connectivity index (χ0n) is 14.3. The van der Waals surface area contributed by atoms with E-state index in [-0.39, 0.29) is 41.8 Å². The number of nitrogens with zero attached hydrogens (tertiary/aromatic N) is 3. The zero-order valence-corrected chi connectivity index (χ0v) is 14.3. The van der Waals surface area contributed by atoms with Crippen LogP contribution in [0.2, 0.25) is 0 Å². The molecule has 1 aromatic heterocycles. The summed E-state index contributed by atoms with van der Waals surface area (Å²) in [7, 11) is 0. The third kappa shape index (κ3) is 4.44. The summed E-state index contributed by atoms with van der Waals surface area (Å²) < 4.78 is 18.1. The number of aromatic hydroxyl groups is 1. The number of rotatable bonds is 6. The third-order valence-corrected chi connectivity index (χ3v) is 3.62. The van der Waals surface area contributed by atoms with Crippen molar-refractivity contribution in [3.8, 4) is 29.1 Å². The first kappa shape index (κ1) is 19.5. The molecule has 2 aromatic rings. The Morgan fingerprint density at radius 3 is 2.52 bits per heavy atom. The van der Waals surface area contributed by atoms with Gasteiger partial charge in [-0.25, -0.2) is 9.37 Å². The first-order valence-corrected chi connectivity index (χ1v) is 7.94. The molecule has 1 aromatic carbocycles. The molecule has 0 radical (unpaired) electrons. The van der Waals surface area contributed by atoms with Gasteiger partial charge in [0.15, 0.2) is 11.5 Å². The number of ketones is 1. The number of ether oxygens (including phenoxy) is 1. The van der Waals surface area contributed by atoms with Crippen molar-refractivity contribution in [1.82, 2.24) is 4.98 Å². The first-order valence-electron chi connectivity index (χ1n) is 7.94. The van der Waals surface area contributed by atoms with Gasteiger partial charge < -0.3 is 9.84 Å². The minimum Gasteiger partial charge on any atom is -0.504 e. The van der Waals surface area contributed by atoms with Crippen LogP contribution in [-0.2, 0) is 9.53 Å². The number of Topliss-reactive ketones (excluding diaryl/α,β-unsaturated/α-hetero) is 1. The van der Waals surface area contributed by atoms with E-state index in [2.05, 4.69) is 4.98 Å². The molecular formula is C19H14FN3O4. The van der Waals surface area contributed by atoms with Crippen LogP contribution in [-0.4, -0.2) is 28.4 Å². The number of halogens is 1. The van der Waals surface area contributed by atoms with Gasteiger partial charge in [0, 0.05) is 12.0 Å². The lowest BCUT2D eigenvalue weighted by atomic mass is 10.0. The Hall–Kier alpha value is -3.78. The van der Waals surface area contributed by atoms with Gasteiger partial charge in [0.1, 0.15) is 17.6 Å². The normalized spacial score (nSPS) is 9.93. The lowest BCUT2D eigenvalue weighted by Crippen LogP contribution is -2.10. The van der Waals surface area contributed by atoms with Crippen molar-refractivity contribution in [3.63, 3.8) is 0 Å². The molecule has 0 spiro atoms. The molecule has 0 saturated carbocycles. The van der Waals surface area contributed by atoms with Crippen LogP contribution in [0.4, 0.5) is 4.39 Å². The summed E-state index contributed by atoms with van der Waals surface area (Å²) in [6.45, 7) is 1.80. The Labute approximate surface area is 154 Å². The maximum Gasteiger partial charge on any atom is 0.306 e. The standard InChI is InChI=1S/C19H14FN3O4/c1-2-27-17(25)6-5-16(24)18-19(26)12(10-22)8-15(23-18)14-4-3-13(20)7-11(14)9-21/h3-4,7-8,26H,2,5-6H2,1H3. The highest BCUT2D eigenvalue weighted by molar-refractivity contribution is 5.99. The number of carbonyl (C=O) groups is 2. The summed E-state index contributed by atoms with van der Waals surface area (Å²) in [6, 6.07) is 8.16. The van der Waals surface area contributed by atoms with Gasteiger partial charge in [0.25, 0.3) is 0 Å². The Morgan fingerprint density at radius 2 is 1.89 bits per heavy atom.